The summed E-state index contributed by atoms with van der Waals surface area (Å²) in [6, 6.07) is 2.37. The van der Waals surface area contributed by atoms with Gasteiger partial charge in [0.15, 0.2) is 11.6 Å². The van der Waals surface area contributed by atoms with Gasteiger partial charge in [0.05, 0.1) is 5.57 Å². The Balaban J connectivity index is 1.38. The van der Waals surface area contributed by atoms with Crippen molar-refractivity contribution < 1.29 is 14.4 Å². The number of hydrogen-bond acceptors (Lipinski definition) is 4. The molecule has 1 N–H and O–H groups in total. The molecule has 1 aliphatic heterocycles. The van der Waals surface area contributed by atoms with E-state index in [1.807, 2.05) is 30.9 Å². The molecule has 3 saturated carbocycles. The Kier molecular flexibility index (Phi) is 6.73. The first-order chi connectivity index (χ1) is 19.6. The van der Waals surface area contributed by atoms with Gasteiger partial charge in [-0.3, -0.25) is 9.59 Å². The Morgan fingerprint density at radius 1 is 0.952 bits per heavy atom. The molecule has 6 rings (SSSR count). The van der Waals surface area contributed by atoms with Crippen LogP contribution in [0.25, 0.3) is 0 Å². The van der Waals surface area contributed by atoms with Gasteiger partial charge in [-0.1, -0.05) is 60.1 Å². The van der Waals surface area contributed by atoms with Crippen LogP contribution in [0, 0.1) is 62.1 Å². The molecule has 4 fully saturated rings. The van der Waals surface area contributed by atoms with E-state index in [0.717, 1.165) is 70.0 Å². The lowest BCUT2D eigenvalue weighted by molar-refractivity contribution is -0.157. The Labute approximate surface area is 252 Å². The molecule has 0 aromatic heterocycles. The van der Waals surface area contributed by atoms with Crippen molar-refractivity contribution in [1.82, 2.24) is 10.2 Å². The molecular formula is C36H51N3O3. The lowest BCUT2D eigenvalue weighted by Crippen LogP contribution is -2.65. The van der Waals surface area contributed by atoms with Crippen molar-refractivity contribution in [2.75, 3.05) is 13.1 Å². The number of rotatable bonds is 1. The number of Topliss-reactive ketones (excluding diaryl/α,β-unsaturated/α-hetero) is 1. The Hall–Kier alpha value is -2.42. The van der Waals surface area contributed by atoms with Crippen molar-refractivity contribution in [2.24, 2.45) is 50.7 Å². The predicted octanol–water partition coefficient (Wildman–Crippen LogP) is 7.01. The second kappa shape index (κ2) is 9.54. The summed E-state index contributed by atoms with van der Waals surface area (Å²) in [7, 11) is 0. The standard InChI is InChI=1S/C36H51N3O3/c1-32(2)19-24-23(25(20-32)38-31(42)39-15-9-8-10-16-39)11-13-36(7)29(24)26(40)17-28-34(5)18-22(21-37)30(41)33(3,4)27(34)12-14-35(28,36)6/h17-18,23-25,27,29H,8-16,19-20H2,1-7H3,(H,38,42)/t23-,24-,25+,27-,29-,34-,35+,36+/m0/s1. The van der Waals surface area contributed by atoms with Gasteiger partial charge in [-0.15, -0.1) is 0 Å². The second-order valence-corrected chi connectivity index (χ2v) is 16.8. The zero-order chi connectivity index (χ0) is 30.5. The molecule has 0 radical (unpaired) electrons. The minimum Gasteiger partial charge on any atom is -0.335 e. The molecule has 6 aliphatic rings. The highest BCUT2D eigenvalue weighted by Crippen LogP contribution is 2.73. The SMILES string of the molecule is CC1(C)C[C@H]2[C@H](CC[C@]3(C)[C@@H]2C(=O)C=C2[C@@]4(C)C=C(C#N)C(=O)C(C)(C)[C@@H]4CC[C@]23C)[C@H](NC(=O)N2CCCCC2)C1. The van der Waals surface area contributed by atoms with Gasteiger partial charge in [-0.25, -0.2) is 4.79 Å². The van der Waals surface area contributed by atoms with Crippen LogP contribution in [0.5, 0.6) is 0 Å². The van der Waals surface area contributed by atoms with Crippen molar-refractivity contribution in [3.05, 3.63) is 23.3 Å². The van der Waals surface area contributed by atoms with E-state index in [-0.39, 0.29) is 63.2 Å². The third-order valence-electron chi connectivity index (χ3n) is 13.6. The molecule has 0 aromatic rings. The molecule has 1 saturated heterocycles. The monoisotopic (exact) mass is 573 g/mol. The number of carbonyl (C=O) groups is 3. The molecule has 0 spiro atoms. The maximum absolute atomic E-state index is 14.5. The highest BCUT2D eigenvalue weighted by molar-refractivity contribution is 6.04. The number of ketones is 2. The number of carbonyl (C=O) groups excluding carboxylic acids is 3. The lowest BCUT2D eigenvalue weighted by atomic mass is 9.35. The summed E-state index contributed by atoms with van der Waals surface area (Å²) in [5.74, 6) is 0.655. The van der Waals surface area contributed by atoms with E-state index in [0.29, 0.717) is 5.92 Å². The third kappa shape index (κ3) is 4.04. The molecule has 2 amide bonds. The van der Waals surface area contributed by atoms with Crippen molar-refractivity contribution in [1.29, 1.82) is 5.26 Å². The molecule has 8 atom stereocenters. The quantitative estimate of drug-likeness (QED) is 0.365. The van der Waals surface area contributed by atoms with Crippen LogP contribution in [-0.2, 0) is 9.59 Å². The fourth-order valence-corrected chi connectivity index (χ4v) is 11.5. The summed E-state index contributed by atoms with van der Waals surface area (Å²) in [5.41, 5.74) is -0.157. The number of urea groups is 1. The maximum atomic E-state index is 14.5. The molecular weight excluding hydrogens is 522 g/mol. The van der Waals surface area contributed by atoms with Gasteiger partial charge >= 0.3 is 6.03 Å². The van der Waals surface area contributed by atoms with E-state index in [4.69, 9.17) is 0 Å². The number of amides is 2. The van der Waals surface area contributed by atoms with Crippen LogP contribution in [0.15, 0.2) is 23.3 Å². The first-order valence-electron chi connectivity index (χ1n) is 16.6. The minimum absolute atomic E-state index is 0.0340. The van der Waals surface area contributed by atoms with Crippen LogP contribution in [0.2, 0.25) is 0 Å². The fraction of sp³-hybridized carbons (Fsp3) is 0.778. The second-order valence-electron chi connectivity index (χ2n) is 16.8. The number of likely N-dealkylation sites (tertiary alicyclic amines) is 1. The Morgan fingerprint density at radius 2 is 1.64 bits per heavy atom. The molecule has 6 heteroatoms. The van der Waals surface area contributed by atoms with Crippen molar-refractivity contribution in [2.45, 2.75) is 112 Å². The lowest BCUT2D eigenvalue weighted by Gasteiger charge is -2.68. The molecule has 1 heterocycles. The number of allylic oxidation sites excluding steroid dienone is 4. The van der Waals surface area contributed by atoms with Crippen LogP contribution in [0.1, 0.15) is 106 Å². The molecule has 0 aromatic carbocycles. The highest BCUT2D eigenvalue weighted by atomic mass is 16.2. The van der Waals surface area contributed by atoms with E-state index < -0.39 is 10.8 Å². The smallest absolute Gasteiger partial charge is 0.317 e. The van der Waals surface area contributed by atoms with Crippen LogP contribution in [-0.4, -0.2) is 41.6 Å². The van der Waals surface area contributed by atoms with Gasteiger partial charge in [0.1, 0.15) is 6.07 Å². The van der Waals surface area contributed by atoms with Gasteiger partial charge < -0.3 is 10.2 Å². The Morgan fingerprint density at radius 3 is 2.31 bits per heavy atom. The first-order valence-corrected chi connectivity index (χ1v) is 16.6. The highest BCUT2D eigenvalue weighted by Gasteiger charge is 2.68. The number of nitriles is 1. The molecule has 6 nitrogen and oxygen atoms in total. The van der Waals surface area contributed by atoms with Crippen LogP contribution < -0.4 is 5.32 Å². The predicted molar refractivity (Wildman–Crippen MR) is 163 cm³/mol. The average molecular weight is 574 g/mol. The summed E-state index contributed by atoms with van der Waals surface area (Å²) in [4.78, 5) is 43.2. The van der Waals surface area contributed by atoms with Crippen LogP contribution in [0.4, 0.5) is 4.79 Å². The zero-order valence-corrected chi connectivity index (χ0v) is 26.9. The summed E-state index contributed by atoms with van der Waals surface area (Å²) < 4.78 is 0. The topological polar surface area (TPSA) is 90.3 Å². The van der Waals surface area contributed by atoms with E-state index in [2.05, 4.69) is 46.0 Å². The third-order valence-corrected chi connectivity index (χ3v) is 13.6. The Bertz CT molecular complexity index is 1310. The molecule has 5 aliphatic carbocycles. The van der Waals surface area contributed by atoms with Gasteiger partial charge in [0.2, 0.25) is 0 Å². The molecule has 42 heavy (non-hydrogen) atoms. The summed E-state index contributed by atoms with van der Waals surface area (Å²) in [6.45, 7) is 17.2. The number of nitrogens with one attached hydrogen (secondary N) is 1. The molecule has 0 bridgehead atoms. The minimum atomic E-state index is -0.650. The van der Waals surface area contributed by atoms with Crippen LogP contribution in [0.3, 0.4) is 0 Å². The van der Waals surface area contributed by atoms with E-state index in [9.17, 15) is 19.6 Å². The fourth-order valence-electron chi connectivity index (χ4n) is 11.5. The zero-order valence-electron chi connectivity index (χ0n) is 26.9. The largest absolute Gasteiger partial charge is 0.335 e. The number of piperidine rings is 1. The van der Waals surface area contributed by atoms with Gasteiger partial charge in [-0.2, -0.15) is 5.26 Å². The number of nitrogens with zero attached hydrogens (tertiary/aromatic N) is 2. The van der Waals surface area contributed by atoms with E-state index in [1.54, 1.807) is 0 Å². The molecule has 0 unspecified atom stereocenters. The van der Waals surface area contributed by atoms with Crippen LogP contribution >= 0.6 is 0 Å². The van der Waals surface area contributed by atoms with Crippen molar-refractivity contribution in [3.63, 3.8) is 0 Å². The summed E-state index contributed by atoms with van der Waals surface area (Å²) >= 11 is 0. The first kappa shape index (κ1) is 29.6. The summed E-state index contributed by atoms with van der Waals surface area (Å²) in [6.07, 6.45) is 13.0. The normalized spacial score (nSPS) is 43.9. The van der Waals surface area contributed by atoms with E-state index >= 15 is 0 Å². The average Bonchev–Trinajstić information content (AvgIpc) is 2.92. The van der Waals surface area contributed by atoms with Crippen molar-refractivity contribution >= 4 is 17.6 Å². The maximum Gasteiger partial charge on any atom is 0.317 e. The summed E-state index contributed by atoms with van der Waals surface area (Å²) in [5, 5.41) is 13.4. The van der Waals surface area contributed by atoms with Gasteiger partial charge in [-0.05, 0) is 97.9 Å². The molecule has 228 valence electrons. The van der Waals surface area contributed by atoms with E-state index in [1.165, 1.54) is 6.42 Å². The van der Waals surface area contributed by atoms with Gasteiger partial charge in [0, 0.05) is 35.9 Å². The van der Waals surface area contributed by atoms with Gasteiger partial charge in [0.25, 0.3) is 0 Å². The van der Waals surface area contributed by atoms with Crippen molar-refractivity contribution in [3.8, 4) is 6.07 Å². The number of fused-ring (bicyclic) bond motifs is 7. The number of hydrogen-bond donors (Lipinski definition) is 1.